The number of para-hydroxylation sites is 6. The molecule has 0 aliphatic carbocycles. The Hall–Kier alpha value is -13.7. The van der Waals surface area contributed by atoms with Gasteiger partial charge in [0.15, 0.2) is 23.3 Å². The molecule has 0 N–H and O–H groups in total. The lowest BCUT2D eigenvalue weighted by Crippen LogP contribution is -2.07. The Morgan fingerprint density at radius 3 is 0.990 bits per heavy atom. The van der Waals surface area contributed by atoms with E-state index in [4.69, 9.17) is 43.6 Å². The summed E-state index contributed by atoms with van der Waals surface area (Å²) in [5.74, 6) is 1.07. The van der Waals surface area contributed by atoms with Gasteiger partial charge in [0.1, 0.15) is 0 Å². The molecule has 0 saturated heterocycles. The van der Waals surface area contributed by atoms with Crippen molar-refractivity contribution >= 4 is 87.2 Å². The van der Waals surface area contributed by atoms with Crippen molar-refractivity contribution in [3.63, 3.8) is 0 Å². The molecular formula is C90H58N10. The van der Waals surface area contributed by atoms with Gasteiger partial charge >= 0.3 is 0 Å². The summed E-state index contributed by atoms with van der Waals surface area (Å²) in [5.41, 5.74) is 14.6. The smallest absolute Gasteiger partial charge is 0.238 e. The predicted octanol–water partition coefficient (Wildman–Crippen LogP) is 22.1. The number of benzene rings is 14. The SMILES string of the molecule is [2H]c1c([2H])c([2H])c(-c2nc(-c3cccc(-c4ccccc4)c3)nc(-n3c4ccccc4c4cc5c6ccccc6n(-c6ccccc6)c5cc43)n2)c([2H])c1[2H].[2H]c1c([2H])c([2H])c(-c2nc(-c3ccccc3-c3ccccc3)nc(-n3c4ccccc4c4cc5c6ccccc6n(-c6ccccc6)c5cc43)n2)c([2H])c1[2H]. The number of fused-ring (bicyclic) bond motifs is 12. The number of hydrogen-bond acceptors (Lipinski definition) is 6. The highest BCUT2D eigenvalue weighted by molar-refractivity contribution is 6.21. The Bertz CT molecular complexity index is 7110. The summed E-state index contributed by atoms with van der Waals surface area (Å²) in [7, 11) is 0. The van der Waals surface area contributed by atoms with E-state index in [1.165, 1.54) is 0 Å². The summed E-state index contributed by atoms with van der Waals surface area (Å²) >= 11 is 0. The van der Waals surface area contributed by atoms with Gasteiger partial charge in [-0.1, -0.05) is 273 Å². The van der Waals surface area contributed by atoms with Gasteiger partial charge < -0.3 is 9.13 Å². The highest BCUT2D eigenvalue weighted by atomic mass is 15.2. The zero-order chi connectivity index (χ0) is 74.7. The maximum atomic E-state index is 8.90. The lowest BCUT2D eigenvalue weighted by molar-refractivity contribution is 0.953. The molecule has 6 aromatic heterocycles. The Morgan fingerprint density at radius 2 is 0.530 bits per heavy atom. The van der Waals surface area contributed by atoms with Crippen LogP contribution < -0.4 is 0 Å². The van der Waals surface area contributed by atoms with E-state index >= 15 is 0 Å². The first-order valence-electron chi connectivity index (χ1n) is 37.8. The molecule has 10 nitrogen and oxygen atoms in total. The summed E-state index contributed by atoms with van der Waals surface area (Å²) < 4.78 is 94.4. The first-order valence-corrected chi connectivity index (χ1v) is 32.8. The summed E-state index contributed by atoms with van der Waals surface area (Å²) in [6.07, 6.45) is 0. The average molecular weight is 1290 g/mol. The molecule has 0 unspecified atom stereocenters. The third-order valence-electron chi connectivity index (χ3n) is 18.5. The van der Waals surface area contributed by atoms with Crippen molar-refractivity contribution in [3.8, 4) is 91.1 Å². The lowest BCUT2D eigenvalue weighted by atomic mass is 9.99. The Morgan fingerprint density at radius 1 is 0.200 bits per heavy atom. The quantitative estimate of drug-likeness (QED) is 0.135. The van der Waals surface area contributed by atoms with Gasteiger partial charge in [0.05, 0.1) is 57.8 Å². The van der Waals surface area contributed by atoms with Crippen LogP contribution in [-0.4, -0.2) is 48.2 Å². The van der Waals surface area contributed by atoms with Gasteiger partial charge in [0.2, 0.25) is 11.9 Å². The second-order valence-corrected chi connectivity index (χ2v) is 24.3. The second kappa shape index (κ2) is 24.2. The maximum absolute atomic E-state index is 8.90. The number of hydrogen-bond donors (Lipinski definition) is 0. The minimum Gasteiger partial charge on any atom is -0.309 e. The van der Waals surface area contributed by atoms with Crippen molar-refractivity contribution < 1.29 is 13.7 Å². The molecule has 0 radical (unpaired) electrons. The number of nitrogens with zero attached hydrogens (tertiary/aromatic N) is 10. The molecule has 0 spiro atoms. The van der Waals surface area contributed by atoms with Gasteiger partial charge in [-0.2, -0.15) is 19.9 Å². The van der Waals surface area contributed by atoms with Crippen molar-refractivity contribution in [3.05, 3.63) is 352 Å². The molecule has 100 heavy (non-hydrogen) atoms. The van der Waals surface area contributed by atoms with Crippen molar-refractivity contribution in [1.82, 2.24) is 48.2 Å². The highest BCUT2D eigenvalue weighted by Crippen LogP contribution is 2.43. The first-order chi connectivity index (χ1) is 53.8. The van der Waals surface area contributed by atoms with Crippen molar-refractivity contribution in [2.75, 3.05) is 0 Å². The molecule has 20 rings (SSSR count). The van der Waals surface area contributed by atoms with E-state index in [0.29, 0.717) is 22.8 Å². The van der Waals surface area contributed by atoms with Crippen LogP contribution in [-0.2, 0) is 0 Å². The summed E-state index contributed by atoms with van der Waals surface area (Å²) in [5, 5.41) is 8.44. The summed E-state index contributed by atoms with van der Waals surface area (Å²) in [4.78, 5) is 29.9. The van der Waals surface area contributed by atoms with Crippen LogP contribution in [0.25, 0.3) is 178 Å². The first kappa shape index (κ1) is 48.1. The summed E-state index contributed by atoms with van der Waals surface area (Å²) in [6.45, 7) is 0. The second-order valence-electron chi connectivity index (χ2n) is 24.3. The lowest BCUT2D eigenvalue weighted by Gasteiger charge is -2.13. The topological polar surface area (TPSA) is 97.1 Å². The van der Waals surface area contributed by atoms with E-state index in [1.54, 1.807) is 0 Å². The molecule has 20 aromatic rings. The predicted molar refractivity (Wildman–Crippen MR) is 410 cm³/mol. The molecule has 10 heteroatoms. The minimum atomic E-state index is -0.483. The fourth-order valence-corrected chi connectivity index (χ4v) is 14.1. The third kappa shape index (κ3) is 9.88. The Kier molecular flexibility index (Phi) is 11.6. The van der Waals surface area contributed by atoms with Crippen molar-refractivity contribution in [1.29, 1.82) is 0 Å². The molecule has 468 valence electrons. The van der Waals surface area contributed by atoms with Gasteiger partial charge in [0, 0.05) is 76.7 Å². The van der Waals surface area contributed by atoms with Crippen LogP contribution in [0, 0.1) is 0 Å². The van der Waals surface area contributed by atoms with Crippen LogP contribution in [0.3, 0.4) is 0 Å². The van der Waals surface area contributed by atoms with Gasteiger partial charge in [-0.05, 0) is 101 Å². The normalized spacial score (nSPS) is 13.0. The molecule has 14 aromatic carbocycles. The van der Waals surface area contributed by atoms with E-state index in [1.807, 2.05) is 191 Å². The van der Waals surface area contributed by atoms with E-state index in [-0.39, 0.29) is 58.8 Å². The van der Waals surface area contributed by atoms with Gasteiger partial charge in [-0.15, -0.1) is 0 Å². The monoisotopic (exact) mass is 1290 g/mol. The standard InChI is InChI=1S/2C45H29N5/c1-4-15-30(16-5-1)32-19-14-20-33(27-32)44-46-43(31-17-6-2-7-18-31)47-45(48-44)50-40-26-13-11-24-36(40)38-28-37-35-23-10-12-25-39(35)49(41(37)29-42(38)50)34-21-8-3-9-22-34;1-4-16-30(17-5-1)33-22-10-11-25-36(33)44-46-43(31-18-6-2-7-19-31)47-45(48-44)50-40-27-15-13-24-35(40)38-28-37-34-23-12-14-26-39(34)49(41(37)29-42(38)50)32-20-8-3-9-21-32/h2*1-29H/i2D,6D,7D,17D,18D;2D,6D,7D,18D,19D. The van der Waals surface area contributed by atoms with Gasteiger partial charge in [-0.3, -0.25) is 9.13 Å². The third-order valence-corrected chi connectivity index (χ3v) is 18.5. The zero-order valence-corrected chi connectivity index (χ0v) is 53.2. The molecule has 6 heterocycles. The Labute approximate surface area is 589 Å². The fourth-order valence-electron chi connectivity index (χ4n) is 14.1. The molecule has 0 aliphatic heterocycles. The van der Waals surface area contributed by atoms with E-state index in [0.717, 1.165) is 121 Å². The highest BCUT2D eigenvalue weighted by Gasteiger charge is 2.25. The van der Waals surface area contributed by atoms with E-state index in [2.05, 4.69) is 118 Å². The molecule has 0 saturated carbocycles. The van der Waals surface area contributed by atoms with E-state index < -0.39 is 36.3 Å². The molecule has 0 bridgehead atoms. The van der Waals surface area contributed by atoms with Crippen LogP contribution in [0.15, 0.2) is 352 Å². The fraction of sp³-hybridized carbons (Fsp3) is 0. The average Bonchev–Trinajstić information content (AvgIpc) is 1.55. The van der Waals surface area contributed by atoms with Crippen LogP contribution in [0.4, 0.5) is 0 Å². The minimum absolute atomic E-state index is 0.0208. The number of aromatic nitrogens is 10. The molecule has 0 aliphatic rings. The van der Waals surface area contributed by atoms with Crippen molar-refractivity contribution in [2.24, 2.45) is 0 Å². The van der Waals surface area contributed by atoms with Crippen LogP contribution in [0.1, 0.15) is 13.7 Å². The molecule has 0 amide bonds. The number of rotatable bonds is 10. The maximum Gasteiger partial charge on any atom is 0.238 e. The Balaban J connectivity index is 0.000000149. The van der Waals surface area contributed by atoms with Crippen LogP contribution in [0.2, 0.25) is 0 Å². The molecule has 0 fully saturated rings. The zero-order valence-electron chi connectivity index (χ0n) is 63.2. The van der Waals surface area contributed by atoms with Gasteiger partial charge in [-0.25, -0.2) is 9.97 Å². The molecular weight excluding hydrogens is 1220 g/mol. The summed E-state index contributed by atoms with van der Waals surface area (Å²) in [6, 6.07) is 93.5. The molecule has 0 atom stereocenters. The van der Waals surface area contributed by atoms with Crippen LogP contribution >= 0.6 is 0 Å². The van der Waals surface area contributed by atoms with Crippen LogP contribution in [0.5, 0.6) is 0 Å². The van der Waals surface area contributed by atoms with Gasteiger partial charge in [0.25, 0.3) is 0 Å². The van der Waals surface area contributed by atoms with Crippen molar-refractivity contribution in [2.45, 2.75) is 0 Å². The van der Waals surface area contributed by atoms with E-state index in [9.17, 15) is 0 Å². The largest absolute Gasteiger partial charge is 0.309 e.